The van der Waals surface area contributed by atoms with E-state index in [2.05, 4.69) is 10.2 Å². The zero-order chi connectivity index (χ0) is 18.2. The van der Waals surface area contributed by atoms with E-state index in [0.29, 0.717) is 0 Å². The van der Waals surface area contributed by atoms with Crippen LogP contribution in [0.1, 0.15) is 32.8 Å². The van der Waals surface area contributed by atoms with E-state index in [-0.39, 0.29) is 13.0 Å². The molecule has 0 heterocycles. The molecule has 0 aliphatic carbocycles. The van der Waals surface area contributed by atoms with Gasteiger partial charge in [-0.3, -0.25) is 14.4 Å². The Labute approximate surface area is 142 Å². The lowest BCUT2D eigenvalue weighted by atomic mass is 10.1. The van der Waals surface area contributed by atoms with Gasteiger partial charge >= 0.3 is 11.9 Å². The summed E-state index contributed by atoms with van der Waals surface area (Å²) in [5.41, 5.74) is 2.79. The van der Waals surface area contributed by atoms with Crippen LogP contribution in [0.2, 0.25) is 0 Å². The van der Waals surface area contributed by atoms with Gasteiger partial charge in [0, 0.05) is 0 Å². The van der Waals surface area contributed by atoms with Gasteiger partial charge in [0.15, 0.2) is 0 Å². The van der Waals surface area contributed by atoms with Crippen molar-refractivity contribution < 1.29 is 28.6 Å². The molecule has 0 aliphatic rings. The maximum atomic E-state index is 12.1. The molecule has 1 aromatic carbocycles. The predicted octanol–water partition coefficient (Wildman–Crippen LogP) is 1.99. The normalized spacial score (nSPS) is 12.4. The second kappa shape index (κ2) is 9.24. The van der Waals surface area contributed by atoms with Gasteiger partial charge in [-0.1, -0.05) is 12.1 Å². The fourth-order valence-corrected chi connectivity index (χ4v) is 1.74. The highest BCUT2D eigenvalue weighted by Crippen LogP contribution is 2.13. The molecule has 0 saturated carbocycles. The number of carbonyl (C=O) groups is 2. The maximum absolute atomic E-state index is 12.1. The van der Waals surface area contributed by atoms with Gasteiger partial charge in [-0.05, 0) is 38.5 Å². The molecule has 0 spiro atoms. The van der Waals surface area contributed by atoms with Crippen LogP contribution in [0.3, 0.4) is 0 Å². The molecule has 1 atom stereocenters. The molecule has 0 aliphatic heterocycles. The summed E-state index contributed by atoms with van der Waals surface area (Å²) in [4.78, 5) is 28.9. The van der Waals surface area contributed by atoms with Crippen molar-refractivity contribution in [2.24, 2.45) is 0 Å². The number of ether oxygens (including phenoxy) is 3. The molecule has 1 aromatic rings. The lowest BCUT2D eigenvalue weighted by molar-refractivity contribution is -0.166. The average Bonchev–Trinajstić information content (AvgIpc) is 2.52. The number of benzene rings is 1. The highest BCUT2D eigenvalue weighted by Gasteiger charge is 2.28. The number of esters is 2. The minimum Gasteiger partial charge on any atom is -0.497 e. The van der Waals surface area contributed by atoms with Gasteiger partial charge in [0.1, 0.15) is 17.4 Å². The van der Waals surface area contributed by atoms with Crippen molar-refractivity contribution in [2.75, 3.05) is 14.2 Å². The lowest BCUT2D eigenvalue weighted by Gasteiger charge is -2.24. The first-order valence-corrected chi connectivity index (χ1v) is 7.55. The fourth-order valence-electron chi connectivity index (χ4n) is 1.74. The smallest absolute Gasteiger partial charge is 0.326 e. The first-order chi connectivity index (χ1) is 11.2. The molecule has 0 fully saturated rings. The third-order valence-corrected chi connectivity index (χ3v) is 2.91. The minimum atomic E-state index is -0.949. The molecule has 1 rings (SSSR count). The van der Waals surface area contributed by atoms with E-state index in [0.717, 1.165) is 11.3 Å². The van der Waals surface area contributed by atoms with Crippen LogP contribution >= 0.6 is 0 Å². The van der Waals surface area contributed by atoms with Gasteiger partial charge in [0.05, 0.1) is 27.2 Å². The Balaban J connectivity index is 2.59. The molecule has 0 aromatic heterocycles. The summed E-state index contributed by atoms with van der Waals surface area (Å²) in [7, 11) is 2.85. The van der Waals surface area contributed by atoms with Crippen molar-refractivity contribution in [3.63, 3.8) is 0 Å². The predicted molar refractivity (Wildman–Crippen MR) is 87.2 cm³/mol. The van der Waals surface area contributed by atoms with E-state index in [1.54, 1.807) is 40.0 Å². The van der Waals surface area contributed by atoms with Gasteiger partial charge < -0.3 is 14.2 Å². The molecule has 0 unspecified atom stereocenters. The molecule has 0 amide bonds. The summed E-state index contributed by atoms with van der Waals surface area (Å²) in [6.07, 6.45) is -0.186. The molecule has 1 N–H and O–H groups in total. The van der Waals surface area contributed by atoms with E-state index >= 15 is 0 Å². The summed E-state index contributed by atoms with van der Waals surface area (Å²) >= 11 is 0. The van der Waals surface area contributed by atoms with Crippen molar-refractivity contribution in [3.05, 3.63) is 29.8 Å². The molecular formula is C17H25NO6. The molecule has 0 saturated heterocycles. The van der Waals surface area contributed by atoms with Gasteiger partial charge in [0.25, 0.3) is 0 Å². The first-order valence-electron chi connectivity index (χ1n) is 7.55. The molecule has 24 heavy (non-hydrogen) atoms. The van der Waals surface area contributed by atoms with Crippen molar-refractivity contribution >= 4 is 11.9 Å². The summed E-state index contributed by atoms with van der Waals surface area (Å²) in [5, 5.41) is 0. The highest BCUT2D eigenvalue weighted by atomic mass is 16.7. The zero-order valence-corrected chi connectivity index (χ0v) is 14.8. The Morgan fingerprint density at radius 3 is 2.25 bits per heavy atom. The Morgan fingerprint density at radius 1 is 1.12 bits per heavy atom. The number of hydrogen-bond acceptors (Lipinski definition) is 7. The molecule has 134 valence electrons. The maximum Gasteiger partial charge on any atom is 0.326 e. The lowest BCUT2D eigenvalue weighted by Crippen LogP contribution is -2.42. The second-order valence-corrected chi connectivity index (χ2v) is 6.12. The molecule has 7 heteroatoms. The molecular weight excluding hydrogens is 314 g/mol. The zero-order valence-electron chi connectivity index (χ0n) is 14.8. The van der Waals surface area contributed by atoms with Crippen LogP contribution in [0.4, 0.5) is 0 Å². The van der Waals surface area contributed by atoms with Crippen molar-refractivity contribution in [1.29, 1.82) is 0 Å². The van der Waals surface area contributed by atoms with Crippen LogP contribution in [0.15, 0.2) is 24.3 Å². The van der Waals surface area contributed by atoms with Gasteiger partial charge in [-0.15, -0.1) is 0 Å². The number of carbonyl (C=O) groups excluding carboxylic acids is 2. The van der Waals surface area contributed by atoms with E-state index in [4.69, 9.17) is 14.3 Å². The quantitative estimate of drug-likeness (QED) is 0.573. The van der Waals surface area contributed by atoms with Gasteiger partial charge in [0.2, 0.25) is 0 Å². The Hall–Kier alpha value is -2.12. The van der Waals surface area contributed by atoms with Crippen LogP contribution in [-0.4, -0.2) is 37.8 Å². The summed E-state index contributed by atoms with van der Waals surface area (Å²) in [6, 6.07) is 6.33. The molecule has 0 bridgehead atoms. The Morgan fingerprint density at radius 2 is 1.75 bits per heavy atom. The third-order valence-electron chi connectivity index (χ3n) is 2.91. The summed E-state index contributed by atoms with van der Waals surface area (Å²) < 4.78 is 14.9. The summed E-state index contributed by atoms with van der Waals surface area (Å²) in [5.74, 6) is -0.377. The fraction of sp³-hybridized carbons (Fsp3) is 0.529. The van der Waals surface area contributed by atoms with Gasteiger partial charge in [-0.2, -0.15) is 5.48 Å². The van der Waals surface area contributed by atoms with Crippen LogP contribution in [-0.2, 0) is 30.5 Å². The Bertz CT molecular complexity index is 535. The average molecular weight is 339 g/mol. The number of rotatable bonds is 8. The number of methoxy groups -OCH3 is 2. The van der Waals surface area contributed by atoms with Crippen molar-refractivity contribution in [3.8, 4) is 5.75 Å². The first kappa shape index (κ1) is 19.9. The summed E-state index contributed by atoms with van der Waals surface area (Å²) in [6.45, 7) is 5.46. The van der Waals surface area contributed by atoms with Crippen LogP contribution in [0.5, 0.6) is 5.75 Å². The SMILES string of the molecule is COC(=O)C[C@@H](NOCc1ccc(OC)cc1)C(=O)OC(C)(C)C. The molecule has 7 nitrogen and oxygen atoms in total. The van der Waals surface area contributed by atoms with E-state index in [1.165, 1.54) is 7.11 Å². The van der Waals surface area contributed by atoms with Crippen LogP contribution in [0.25, 0.3) is 0 Å². The van der Waals surface area contributed by atoms with Crippen molar-refractivity contribution in [1.82, 2.24) is 5.48 Å². The van der Waals surface area contributed by atoms with E-state index in [1.807, 2.05) is 12.1 Å². The monoisotopic (exact) mass is 339 g/mol. The van der Waals surface area contributed by atoms with Crippen LogP contribution < -0.4 is 10.2 Å². The largest absolute Gasteiger partial charge is 0.497 e. The van der Waals surface area contributed by atoms with E-state index < -0.39 is 23.6 Å². The number of hydrogen-bond donors (Lipinski definition) is 1. The van der Waals surface area contributed by atoms with Crippen molar-refractivity contribution in [2.45, 2.75) is 45.4 Å². The third kappa shape index (κ3) is 7.43. The Kier molecular flexibility index (Phi) is 7.67. The number of nitrogens with one attached hydrogen (secondary N) is 1. The second-order valence-electron chi connectivity index (χ2n) is 6.12. The van der Waals surface area contributed by atoms with Gasteiger partial charge in [-0.25, -0.2) is 0 Å². The number of hydroxylamine groups is 1. The minimum absolute atomic E-state index is 0.186. The molecule has 0 radical (unpaired) electrons. The topological polar surface area (TPSA) is 83.1 Å². The van der Waals surface area contributed by atoms with Crippen LogP contribution in [0, 0.1) is 0 Å². The standard InChI is InChI=1S/C17H25NO6/c1-17(2,3)24-16(20)14(10-15(19)22-5)18-23-11-12-6-8-13(21-4)9-7-12/h6-9,14,18H,10-11H2,1-5H3/t14-/m1/s1. The van der Waals surface area contributed by atoms with E-state index in [9.17, 15) is 9.59 Å². The highest BCUT2D eigenvalue weighted by molar-refractivity contribution is 5.82.